The van der Waals surface area contributed by atoms with Crippen molar-refractivity contribution < 1.29 is 21.8 Å². The molecule has 2 aromatic carbocycles. The molecule has 23 heavy (non-hydrogen) atoms. The van der Waals surface area contributed by atoms with Crippen LogP contribution in [0.15, 0.2) is 77.8 Å². The number of hydrogen-bond acceptors (Lipinski definition) is 0. The third kappa shape index (κ3) is 5.90. The lowest BCUT2D eigenvalue weighted by atomic mass is 10.3. The van der Waals surface area contributed by atoms with Crippen LogP contribution in [0.5, 0.6) is 0 Å². The molecule has 0 amide bonds. The van der Waals surface area contributed by atoms with Crippen LogP contribution in [0.1, 0.15) is 0 Å². The average molecular weight is 387 g/mol. The quantitative estimate of drug-likeness (QED) is 0.339. The fraction of sp³-hybridized carbons (Fsp3) is 0. The highest BCUT2D eigenvalue weighted by atomic mass is 79.9. The molecule has 0 aliphatic rings. The molecule has 1 aromatic heterocycles. The van der Waals surface area contributed by atoms with E-state index in [0.29, 0.717) is 0 Å². The second-order valence-corrected chi connectivity index (χ2v) is 5.45. The first-order valence-corrected chi connectivity index (χ1v) is 7.40. The number of imidazole rings is 1. The Morgan fingerprint density at radius 1 is 0.870 bits per heavy atom. The van der Waals surface area contributed by atoms with Crippen LogP contribution in [0.2, 0.25) is 0 Å². The van der Waals surface area contributed by atoms with Gasteiger partial charge in [-0.05, 0) is 36.4 Å². The Morgan fingerprint density at radius 2 is 1.43 bits per heavy atom. The maximum Gasteiger partial charge on any atom is 0.673 e. The lowest BCUT2D eigenvalue weighted by Crippen LogP contribution is -2.27. The van der Waals surface area contributed by atoms with Gasteiger partial charge < -0.3 is 17.3 Å². The van der Waals surface area contributed by atoms with Crippen LogP contribution >= 0.6 is 15.9 Å². The standard InChI is InChI=1S/C15H12BrN2.BF4/c16-13-6-8-15(9-7-13)18-11-10-17(12-18)14-4-2-1-3-5-14;2-1(3,4)5/h1-12H;/q+1;-1. The minimum absolute atomic E-state index is 1.09. The van der Waals surface area contributed by atoms with E-state index in [2.05, 4.69) is 68.1 Å². The maximum absolute atomic E-state index is 9.75. The van der Waals surface area contributed by atoms with Gasteiger partial charge in [0.1, 0.15) is 23.8 Å². The minimum Gasteiger partial charge on any atom is -0.418 e. The first-order valence-electron chi connectivity index (χ1n) is 6.61. The molecule has 0 aliphatic carbocycles. The molecule has 0 fully saturated rings. The molecule has 8 heteroatoms. The van der Waals surface area contributed by atoms with Crippen molar-refractivity contribution in [2.24, 2.45) is 0 Å². The van der Waals surface area contributed by atoms with Crippen LogP contribution in [-0.2, 0) is 0 Å². The van der Waals surface area contributed by atoms with Gasteiger partial charge in [-0.2, -0.15) is 0 Å². The predicted molar refractivity (Wildman–Crippen MR) is 85.2 cm³/mol. The van der Waals surface area contributed by atoms with Gasteiger partial charge in [-0.1, -0.05) is 34.1 Å². The topological polar surface area (TPSA) is 8.81 Å². The smallest absolute Gasteiger partial charge is 0.418 e. The summed E-state index contributed by atoms with van der Waals surface area (Å²) in [5.41, 5.74) is 2.31. The molecule has 0 aliphatic heterocycles. The van der Waals surface area contributed by atoms with Crippen LogP contribution < -0.4 is 4.57 Å². The zero-order valence-corrected chi connectivity index (χ0v) is 13.4. The van der Waals surface area contributed by atoms with Gasteiger partial charge >= 0.3 is 7.25 Å². The number of aromatic nitrogens is 2. The van der Waals surface area contributed by atoms with E-state index in [9.17, 15) is 17.3 Å². The molecule has 0 unspecified atom stereocenters. The highest BCUT2D eigenvalue weighted by Gasteiger charge is 2.20. The lowest BCUT2D eigenvalue weighted by molar-refractivity contribution is -0.594. The molecule has 0 saturated carbocycles. The molecule has 3 aromatic rings. The largest absolute Gasteiger partial charge is 0.673 e. The van der Waals surface area contributed by atoms with Gasteiger partial charge in [0, 0.05) is 4.47 Å². The predicted octanol–water partition coefficient (Wildman–Crippen LogP) is 4.82. The Morgan fingerprint density at radius 3 is 2.00 bits per heavy atom. The van der Waals surface area contributed by atoms with Gasteiger partial charge in [0.15, 0.2) is 0 Å². The summed E-state index contributed by atoms with van der Waals surface area (Å²) in [6.07, 6.45) is 6.17. The molecule has 0 saturated heterocycles. The normalized spacial score (nSPS) is 10.8. The highest BCUT2D eigenvalue weighted by Crippen LogP contribution is 2.11. The molecule has 1 heterocycles. The fourth-order valence-corrected chi connectivity index (χ4v) is 2.14. The van der Waals surface area contributed by atoms with Crippen LogP contribution in [0.3, 0.4) is 0 Å². The van der Waals surface area contributed by atoms with Gasteiger partial charge in [0.25, 0.3) is 6.33 Å². The molecular weight excluding hydrogens is 375 g/mol. The van der Waals surface area contributed by atoms with Gasteiger partial charge in [-0.25, -0.2) is 9.13 Å². The van der Waals surface area contributed by atoms with Crippen molar-refractivity contribution in [3.8, 4) is 11.4 Å². The van der Waals surface area contributed by atoms with Crippen molar-refractivity contribution in [3.05, 3.63) is 77.8 Å². The van der Waals surface area contributed by atoms with Crippen molar-refractivity contribution in [1.82, 2.24) is 4.57 Å². The summed E-state index contributed by atoms with van der Waals surface area (Å²) in [4.78, 5) is 0. The van der Waals surface area contributed by atoms with E-state index < -0.39 is 7.25 Å². The average Bonchev–Trinajstić information content (AvgIpc) is 2.97. The molecule has 2 nitrogen and oxygen atoms in total. The molecule has 0 atom stereocenters. The fourth-order valence-electron chi connectivity index (χ4n) is 1.87. The number of benzene rings is 2. The summed E-state index contributed by atoms with van der Waals surface area (Å²) in [7, 11) is -6.00. The van der Waals surface area contributed by atoms with E-state index >= 15 is 0 Å². The Balaban J connectivity index is 0.000000338. The Labute approximate surface area is 139 Å². The number of para-hydroxylation sites is 1. The van der Waals surface area contributed by atoms with E-state index in [1.807, 2.05) is 30.3 Å². The molecule has 120 valence electrons. The van der Waals surface area contributed by atoms with Crippen molar-refractivity contribution in [3.63, 3.8) is 0 Å². The number of hydrogen-bond donors (Lipinski definition) is 0. The first-order chi connectivity index (χ1) is 10.8. The van der Waals surface area contributed by atoms with Gasteiger partial charge in [-0.3, -0.25) is 0 Å². The van der Waals surface area contributed by atoms with Crippen LogP contribution in [-0.4, -0.2) is 11.8 Å². The minimum atomic E-state index is -6.00. The third-order valence-corrected chi connectivity index (χ3v) is 3.34. The van der Waals surface area contributed by atoms with E-state index in [-0.39, 0.29) is 0 Å². The zero-order valence-electron chi connectivity index (χ0n) is 11.8. The second kappa shape index (κ2) is 7.46. The lowest BCUT2D eigenvalue weighted by Gasteiger charge is -1.96. The Kier molecular flexibility index (Phi) is 5.60. The summed E-state index contributed by atoms with van der Waals surface area (Å²) >= 11 is 3.45. The van der Waals surface area contributed by atoms with Gasteiger partial charge in [0.05, 0.1) is 0 Å². The van der Waals surface area contributed by atoms with E-state index in [0.717, 1.165) is 15.8 Å². The van der Waals surface area contributed by atoms with Crippen molar-refractivity contribution in [1.29, 1.82) is 0 Å². The van der Waals surface area contributed by atoms with Gasteiger partial charge in [0.2, 0.25) is 0 Å². The molecule has 0 radical (unpaired) electrons. The number of halogens is 5. The van der Waals surface area contributed by atoms with Crippen LogP contribution in [0.4, 0.5) is 17.3 Å². The second-order valence-electron chi connectivity index (χ2n) is 4.53. The monoisotopic (exact) mass is 386 g/mol. The van der Waals surface area contributed by atoms with E-state index in [1.54, 1.807) is 0 Å². The van der Waals surface area contributed by atoms with Crippen LogP contribution in [0.25, 0.3) is 11.4 Å². The first kappa shape index (κ1) is 17.3. The summed E-state index contributed by atoms with van der Waals surface area (Å²) in [5.74, 6) is 0. The zero-order chi connectivity index (χ0) is 16.9. The summed E-state index contributed by atoms with van der Waals surface area (Å²) in [5, 5.41) is 0. The van der Waals surface area contributed by atoms with Crippen molar-refractivity contribution in [2.75, 3.05) is 0 Å². The summed E-state index contributed by atoms with van der Waals surface area (Å²) < 4.78 is 44.3. The summed E-state index contributed by atoms with van der Waals surface area (Å²) in [6.45, 7) is 0. The number of rotatable bonds is 2. The third-order valence-electron chi connectivity index (χ3n) is 2.82. The highest BCUT2D eigenvalue weighted by molar-refractivity contribution is 9.10. The van der Waals surface area contributed by atoms with E-state index in [4.69, 9.17) is 0 Å². The maximum atomic E-state index is 9.75. The summed E-state index contributed by atoms with van der Waals surface area (Å²) in [6, 6.07) is 18.5. The Bertz CT molecular complexity index is 736. The molecule has 0 bridgehead atoms. The Hall–Kier alpha value is -2.09. The molecule has 0 N–H and O–H groups in total. The van der Waals surface area contributed by atoms with Gasteiger partial charge in [-0.15, -0.1) is 0 Å². The van der Waals surface area contributed by atoms with Crippen LogP contribution in [0, 0.1) is 0 Å². The molecule has 0 spiro atoms. The molecule has 3 rings (SSSR count). The van der Waals surface area contributed by atoms with E-state index in [1.165, 1.54) is 0 Å². The van der Waals surface area contributed by atoms with Crippen molar-refractivity contribution >= 4 is 23.2 Å². The SMILES string of the molecule is Brc1ccc(-[n+]2ccn(-c3ccccc3)c2)cc1.F[B-](F)(F)F. The van der Waals surface area contributed by atoms with Crippen molar-refractivity contribution in [2.45, 2.75) is 0 Å². The number of nitrogens with zero attached hydrogens (tertiary/aromatic N) is 2. The molecular formula is C15H12BBrF4N2.